The van der Waals surface area contributed by atoms with E-state index in [1.165, 1.54) is 43.7 Å². The van der Waals surface area contributed by atoms with Crippen LogP contribution in [0.25, 0.3) is 0 Å². The molecule has 0 aromatic heterocycles. The summed E-state index contributed by atoms with van der Waals surface area (Å²) in [6.45, 7) is 9.85. The van der Waals surface area contributed by atoms with E-state index in [1.807, 2.05) is 24.3 Å². The number of ether oxygens (including phenoxy) is 4. The van der Waals surface area contributed by atoms with Gasteiger partial charge in [-0.2, -0.15) is 60.3 Å². The van der Waals surface area contributed by atoms with Gasteiger partial charge in [0.25, 0.3) is 0 Å². The molecule has 0 saturated heterocycles. The molecule has 35 heavy (non-hydrogen) atoms. The fourth-order valence-electron chi connectivity index (χ4n) is 2.09. The summed E-state index contributed by atoms with van der Waals surface area (Å²) < 4.78 is 30.8. The first-order chi connectivity index (χ1) is 16.4. The molecule has 0 saturated carbocycles. The van der Waals surface area contributed by atoms with Gasteiger partial charge in [0.15, 0.2) is 0 Å². The van der Waals surface area contributed by atoms with Gasteiger partial charge in [0.1, 0.15) is 0 Å². The van der Waals surface area contributed by atoms with Crippen LogP contribution in [0.3, 0.4) is 0 Å². The topological polar surface area (TPSA) is 55.4 Å². The number of halogens is 2. The minimum Gasteiger partial charge on any atom is -0.507 e. The zero-order valence-electron chi connectivity index (χ0n) is 19.7. The van der Waals surface area contributed by atoms with E-state index in [-0.39, 0.29) is 16.5 Å². The predicted octanol–water partition coefficient (Wildman–Crippen LogP) is 7.70. The van der Waals surface area contributed by atoms with Gasteiger partial charge in [-0.15, -0.1) is 12.1 Å². The van der Waals surface area contributed by atoms with E-state index in [9.17, 15) is 0 Å². The standard InChI is InChI=1S/2C11H14ClO3S2.Ni/c2*1-8-4-5-9(11(14-3)10(8)12)16-17-15-7-6-13-2;/h2*4-5H,1,6-7H2,2-3H3;/q2*-1;+2. The van der Waals surface area contributed by atoms with E-state index in [1.54, 1.807) is 28.4 Å². The zero-order valence-corrected chi connectivity index (χ0v) is 25.5. The summed E-state index contributed by atoms with van der Waals surface area (Å²) in [5.74, 6) is 1.26. The van der Waals surface area contributed by atoms with Crippen molar-refractivity contribution >= 4 is 66.9 Å². The number of benzene rings is 2. The molecule has 0 amide bonds. The summed E-state index contributed by atoms with van der Waals surface area (Å²) >= 11 is 14.7. The van der Waals surface area contributed by atoms with Crippen molar-refractivity contribution in [3.05, 3.63) is 59.3 Å². The normalized spacial score (nSPS) is 10.2. The van der Waals surface area contributed by atoms with E-state index in [0.717, 1.165) is 20.9 Å². The molecule has 0 N–H and O–H groups in total. The van der Waals surface area contributed by atoms with Crippen molar-refractivity contribution in [2.24, 2.45) is 0 Å². The summed E-state index contributed by atoms with van der Waals surface area (Å²) in [6, 6.07) is 7.51. The van der Waals surface area contributed by atoms with E-state index >= 15 is 0 Å². The number of hydrogen-bond donors (Lipinski definition) is 0. The molecule has 0 aliphatic carbocycles. The molecule has 13 heteroatoms. The van der Waals surface area contributed by atoms with Crippen LogP contribution in [0.4, 0.5) is 0 Å². The third-order valence-electron chi connectivity index (χ3n) is 3.78. The molecule has 0 radical (unpaired) electrons. The molecule has 0 atom stereocenters. The van der Waals surface area contributed by atoms with Crippen molar-refractivity contribution in [3.8, 4) is 11.5 Å². The summed E-state index contributed by atoms with van der Waals surface area (Å²) in [6.07, 6.45) is 0. The van der Waals surface area contributed by atoms with Crippen LogP contribution in [-0.2, 0) is 34.3 Å². The molecule has 2 rings (SSSR count). The molecule has 2 aromatic rings. The van der Waals surface area contributed by atoms with Gasteiger partial charge in [-0.1, -0.05) is 0 Å². The Hall–Kier alpha value is 0.0935. The minimum absolute atomic E-state index is 0. The summed E-state index contributed by atoms with van der Waals surface area (Å²) in [5.41, 5.74) is 1.50. The SMILES string of the molecule is [CH2-]c1ccc(SSOCCOC)c(OC)c1Cl.[CH2-]c1ccc(SSOCCOC)c(OC)c1Cl.[Ni+2]. The van der Waals surface area contributed by atoms with Crippen molar-refractivity contribution in [1.82, 2.24) is 0 Å². The summed E-state index contributed by atoms with van der Waals surface area (Å²) in [4.78, 5) is 1.82. The van der Waals surface area contributed by atoms with Crippen LogP contribution in [0.1, 0.15) is 11.1 Å². The average molecular weight is 646 g/mol. The quantitative estimate of drug-likeness (QED) is 0.0672. The van der Waals surface area contributed by atoms with E-state index in [4.69, 9.17) is 50.5 Å². The van der Waals surface area contributed by atoms with E-state index in [0.29, 0.717) is 48.0 Å². The van der Waals surface area contributed by atoms with Gasteiger partial charge in [0.2, 0.25) is 0 Å². The molecular weight excluding hydrogens is 618 g/mol. The molecule has 0 bridgehead atoms. The smallest absolute Gasteiger partial charge is 0.507 e. The zero-order chi connectivity index (χ0) is 25.3. The molecule has 0 aliphatic heterocycles. The average Bonchev–Trinajstić information content (AvgIpc) is 2.84. The Morgan fingerprint density at radius 3 is 1.34 bits per heavy atom. The van der Waals surface area contributed by atoms with Crippen LogP contribution in [0, 0.1) is 13.8 Å². The maximum Gasteiger partial charge on any atom is 2.00 e. The van der Waals surface area contributed by atoms with Gasteiger partial charge in [-0.25, -0.2) is 0 Å². The largest absolute Gasteiger partial charge is 2.00 e. The minimum atomic E-state index is 0. The fraction of sp³-hybridized carbons (Fsp3) is 0.364. The van der Waals surface area contributed by atoms with Crippen molar-refractivity contribution in [1.29, 1.82) is 0 Å². The third-order valence-corrected chi connectivity index (χ3v) is 8.33. The molecular formula is C22H28Cl2NiO6S4. The first-order valence-electron chi connectivity index (χ1n) is 9.68. The Kier molecular flexibility index (Phi) is 21.1. The fourth-order valence-corrected chi connectivity index (χ4v) is 5.90. The van der Waals surface area contributed by atoms with Crippen molar-refractivity contribution in [2.45, 2.75) is 9.79 Å². The summed E-state index contributed by atoms with van der Waals surface area (Å²) in [7, 11) is 9.33. The van der Waals surface area contributed by atoms with Gasteiger partial charge in [0.05, 0.1) is 74.3 Å². The molecule has 0 spiro atoms. The van der Waals surface area contributed by atoms with Crippen molar-refractivity contribution < 1.29 is 43.8 Å². The maximum absolute atomic E-state index is 6.09. The van der Waals surface area contributed by atoms with Gasteiger partial charge < -0.3 is 27.3 Å². The van der Waals surface area contributed by atoms with E-state index < -0.39 is 0 Å². The van der Waals surface area contributed by atoms with Crippen LogP contribution < -0.4 is 9.47 Å². The number of methoxy groups -OCH3 is 4. The Labute approximate surface area is 244 Å². The Bertz CT molecular complexity index is 798. The summed E-state index contributed by atoms with van der Waals surface area (Å²) in [5, 5.41) is 1.07. The Morgan fingerprint density at radius 2 is 1.03 bits per heavy atom. The van der Waals surface area contributed by atoms with Crippen LogP contribution >= 0.6 is 66.9 Å². The molecule has 6 nitrogen and oxygen atoms in total. The van der Waals surface area contributed by atoms with Gasteiger partial charge in [0, 0.05) is 24.0 Å². The van der Waals surface area contributed by atoms with Gasteiger partial charge >= 0.3 is 16.5 Å². The Balaban J connectivity index is 0.000000642. The second-order valence-corrected chi connectivity index (χ2v) is 10.6. The molecule has 0 aliphatic rings. The third kappa shape index (κ3) is 12.9. The van der Waals surface area contributed by atoms with Gasteiger partial charge in [-0.3, -0.25) is 0 Å². The molecule has 0 fully saturated rings. The number of hydrogen-bond acceptors (Lipinski definition) is 10. The monoisotopic (exact) mass is 644 g/mol. The first kappa shape index (κ1) is 35.1. The van der Waals surface area contributed by atoms with Gasteiger partial charge in [-0.05, 0) is 31.6 Å². The predicted molar refractivity (Wildman–Crippen MR) is 147 cm³/mol. The van der Waals surface area contributed by atoms with Crippen LogP contribution in [-0.4, -0.2) is 54.9 Å². The van der Waals surface area contributed by atoms with Crippen molar-refractivity contribution in [3.63, 3.8) is 0 Å². The van der Waals surface area contributed by atoms with Crippen LogP contribution in [0.5, 0.6) is 11.5 Å². The maximum atomic E-state index is 6.09. The van der Waals surface area contributed by atoms with E-state index in [2.05, 4.69) is 13.8 Å². The van der Waals surface area contributed by atoms with Crippen molar-refractivity contribution in [2.75, 3.05) is 54.9 Å². The van der Waals surface area contributed by atoms with Crippen LogP contribution in [0.2, 0.25) is 10.0 Å². The molecule has 0 unspecified atom stereocenters. The molecule has 2 aromatic carbocycles. The number of rotatable bonds is 14. The molecule has 0 heterocycles. The second-order valence-electron chi connectivity index (χ2n) is 6.07. The Morgan fingerprint density at radius 1 is 0.657 bits per heavy atom. The first-order valence-corrected chi connectivity index (χ1v) is 14.6. The molecule has 200 valence electrons. The van der Waals surface area contributed by atoms with Crippen LogP contribution in [0.15, 0.2) is 34.1 Å². The second kappa shape index (κ2) is 21.1.